The molecule has 24 heavy (non-hydrogen) atoms. The molecule has 132 valence electrons. The molecule has 0 radical (unpaired) electrons. The van der Waals surface area contributed by atoms with Gasteiger partial charge < -0.3 is 14.7 Å². The zero-order valence-corrected chi connectivity index (χ0v) is 14.4. The molecule has 8 heteroatoms. The second-order valence-corrected chi connectivity index (χ2v) is 7.57. The smallest absolute Gasteiger partial charge is 0.410 e. The first-order chi connectivity index (χ1) is 11.3. The molecular weight excluding hydrogens is 312 g/mol. The highest BCUT2D eigenvalue weighted by molar-refractivity contribution is 5.86. The molecule has 2 aliphatic rings. The molecule has 1 saturated heterocycles. The third kappa shape index (κ3) is 3.52. The number of carbonyl (C=O) groups excluding carboxylic acids is 1. The maximum Gasteiger partial charge on any atom is 0.410 e. The monoisotopic (exact) mass is 336 g/mol. The first kappa shape index (κ1) is 16.7. The van der Waals surface area contributed by atoms with Crippen LogP contribution in [0, 0.1) is 0 Å². The average molecular weight is 336 g/mol. The summed E-state index contributed by atoms with van der Waals surface area (Å²) in [5.41, 5.74) is 0.220. The van der Waals surface area contributed by atoms with Gasteiger partial charge >= 0.3 is 12.1 Å². The van der Waals surface area contributed by atoms with Gasteiger partial charge in [-0.25, -0.2) is 14.3 Å². The van der Waals surface area contributed by atoms with Gasteiger partial charge in [-0.2, -0.15) is 0 Å². The summed E-state index contributed by atoms with van der Waals surface area (Å²) < 4.78 is 7.18. The van der Waals surface area contributed by atoms with Crippen molar-refractivity contribution in [2.45, 2.75) is 64.0 Å². The second-order valence-electron chi connectivity index (χ2n) is 7.57. The molecule has 1 saturated carbocycles. The number of hydrogen-bond donors (Lipinski definition) is 1. The van der Waals surface area contributed by atoms with Crippen LogP contribution in [-0.4, -0.2) is 55.8 Å². The van der Waals surface area contributed by atoms with Crippen LogP contribution in [-0.2, 0) is 4.74 Å². The highest BCUT2D eigenvalue weighted by Crippen LogP contribution is 2.42. The van der Waals surface area contributed by atoms with E-state index in [0.717, 1.165) is 25.7 Å². The maximum atomic E-state index is 12.3. The normalized spacial score (nSPS) is 21.6. The molecule has 1 aliphatic heterocycles. The van der Waals surface area contributed by atoms with E-state index in [0.29, 0.717) is 18.8 Å². The van der Waals surface area contributed by atoms with Crippen LogP contribution < -0.4 is 0 Å². The number of aromatic carboxylic acids is 1. The summed E-state index contributed by atoms with van der Waals surface area (Å²) in [4.78, 5) is 25.4. The predicted molar refractivity (Wildman–Crippen MR) is 85.0 cm³/mol. The van der Waals surface area contributed by atoms with Crippen LogP contribution in [0.25, 0.3) is 0 Å². The van der Waals surface area contributed by atoms with Gasteiger partial charge in [-0.15, -0.1) is 5.10 Å². The Kier molecular flexibility index (Phi) is 4.23. The summed E-state index contributed by atoms with van der Waals surface area (Å²) >= 11 is 0. The Morgan fingerprint density at radius 1 is 1.25 bits per heavy atom. The van der Waals surface area contributed by atoms with E-state index >= 15 is 0 Å². The van der Waals surface area contributed by atoms with Crippen LogP contribution in [0.4, 0.5) is 4.79 Å². The largest absolute Gasteiger partial charge is 0.476 e. The Balaban J connectivity index is 1.78. The van der Waals surface area contributed by atoms with Gasteiger partial charge in [0.25, 0.3) is 0 Å². The Hall–Kier alpha value is -2.12. The van der Waals surface area contributed by atoms with E-state index in [1.165, 1.54) is 0 Å². The van der Waals surface area contributed by atoms with Crippen molar-refractivity contribution >= 4 is 12.1 Å². The number of carboxylic acids is 1. The number of rotatable bonds is 3. The summed E-state index contributed by atoms with van der Waals surface area (Å²) in [5.74, 6) is -0.814. The van der Waals surface area contributed by atoms with Crippen LogP contribution in [0.1, 0.15) is 74.6 Å². The summed E-state index contributed by atoms with van der Waals surface area (Å²) in [6.07, 6.45) is 3.28. The van der Waals surface area contributed by atoms with E-state index in [2.05, 4.69) is 10.3 Å². The molecule has 1 aliphatic carbocycles. The highest BCUT2D eigenvalue weighted by Gasteiger charge is 2.37. The highest BCUT2D eigenvalue weighted by atomic mass is 16.6. The molecule has 2 fully saturated rings. The third-order valence-corrected chi connectivity index (χ3v) is 4.29. The molecule has 1 N–H and O–H groups in total. The maximum absolute atomic E-state index is 12.3. The first-order valence-corrected chi connectivity index (χ1v) is 8.42. The van der Waals surface area contributed by atoms with Crippen molar-refractivity contribution in [3.63, 3.8) is 0 Å². The molecule has 3 rings (SSSR count). The number of ether oxygens (including phenoxy) is 1. The Morgan fingerprint density at radius 3 is 2.54 bits per heavy atom. The van der Waals surface area contributed by atoms with Gasteiger partial charge in [-0.05, 0) is 46.5 Å². The molecule has 1 aromatic rings. The fourth-order valence-corrected chi connectivity index (χ4v) is 3.11. The number of piperidine rings is 1. The van der Waals surface area contributed by atoms with E-state index in [-0.39, 0.29) is 23.7 Å². The third-order valence-electron chi connectivity index (χ3n) is 4.29. The Bertz CT molecular complexity index is 645. The minimum atomic E-state index is -1.04. The van der Waals surface area contributed by atoms with Crippen molar-refractivity contribution in [1.82, 2.24) is 19.9 Å². The van der Waals surface area contributed by atoms with E-state index in [9.17, 15) is 14.7 Å². The minimum absolute atomic E-state index is 0.0480. The zero-order valence-electron chi connectivity index (χ0n) is 14.4. The lowest BCUT2D eigenvalue weighted by Gasteiger charge is -2.34. The molecule has 0 spiro atoms. The van der Waals surface area contributed by atoms with Gasteiger partial charge in [-0.3, -0.25) is 0 Å². The lowest BCUT2D eigenvalue weighted by molar-refractivity contribution is 0.0165. The number of aromatic nitrogens is 3. The fourth-order valence-electron chi connectivity index (χ4n) is 3.11. The van der Waals surface area contributed by atoms with Crippen LogP contribution in [0.5, 0.6) is 0 Å². The topological polar surface area (TPSA) is 97.5 Å². The molecule has 2 heterocycles. The first-order valence-electron chi connectivity index (χ1n) is 8.42. The summed E-state index contributed by atoms with van der Waals surface area (Å²) in [6, 6.07) is -0.0533. The molecule has 0 bridgehead atoms. The minimum Gasteiger partial charge on any atom is -0.476 e. The lowest BCUT2D eigenvalue weighted by atomic mass is 10.1. The average Bonchev–Trinajstić information content (AvgIpc) is 3.23. The second kappa shape index (κ2) is 6.07. The van der Waals surface area contributed by atoms with E-state index in [4.69, 9.17) is 4.74 Å². The molecular formula is C16H24N4O4. The summed E-state index contributed by atoms with van der Waals surface area (Å²) in [7, 11) is 0. The number of carbonyl (C=O) groups is 2. The van der Waals surface area contributed by atoms with Gasteiger partial charge in [0, 0.05) is 19.0 Å². The van der Waals surface area contributed by atoms with Crippen molar-refractivity contribution in [3.05, 3.63) is 11.4 Å². The molecule has 1 unspecified atom stereocenters. The zero-order chi connectivity index (χ0) is 17.5. The predicted octanol–water partition coefficient (Wildman–Crippen LogP) is 2.43. The number of nitrogens with zero attached hydrogens (tertiary/aromatic N) is 4. The number of hydrogen-bond acceptors (Lipinski definition) is 5. The van der Waals surface area contributed by atoms with Crippen molar-refractivity contribution in [2.75, 3.05) is 13.1 Å². The summed E-state index contributed by atoms with van der Waals surface area (Å²) in [5, 5.41) is 17.3. The SMILES string of the molecule is CC(C)(C)OC(=O)N1CCCC(n2nnc(C(=O)O)c2C2CC2)C1. The fraction of sp³-hybridized carbons (Fsp3) is 0.750. The van der Waals surface area contributed by atoms with E-state index < -0.39 is 11.6 Å². The van der Waals surface area contributed by atoms with E-state index in [1.54, 1.807) is 9.58 Å². The van der Waals surface area contributed by atoms with Crippen LogP contribution in [0.3, 0.4) is 0 Å². The van der Waals surface area contributed by atoms with Crippen LogP contribution >= 0.6 is 0 Å². The summed E-state index contributed by atoms with van der Waals surface area (Å²) in [6.45, 7) is 6.64. The van der Waals surface area contributed by atoms with E-state index in [1.807, 2.05) is 20.8 Å². The number of carboxylic acid groups (broad SMARTS) is 1. The standard InChI is InChI=1S/C16H24N4O4/c1-16(2,3)24-15(23)19-8-4-5-11(9-19)20-13(10-6-7-10)12(14(21)22)17-18-20/h10-11H,4-9H2,1-3H3,(H,21,22). The number of likely N-dealkylation sites (tertiary alicyclic amines) is 1. The van der Waals surface area contributed by atoms with Crippen molar-refractivity contribution in [2.24, 2.45) is 0 Å². The van der Waals surface area contributed by atoms with Crippen LogP contribution in [0.2, 0.25) is 0 Å². The van der Waals surface area contributed by atoms with Gasteiger partial charge in [0.2, 0.25) is 0 Å². The van der Waals surface area contributed by atoms with Gasteiger partial charge in [0.05, 0.1) is 11.7 Å². The van der Waals surface area contributed by atoms with Gasteiger partial charge in [0.1, 0.15) is 5.60 Å². The van der Waals surface area contributed by atoms with Gasteiger partial charge in [0.15, 0.2) is 5.69 Å². The van der Waals surface area contributed by atoms with Crippen molar-refractivity contribution in [1.29, 1.82) is 0 Å². The molecule has 1 amide bonds. The molecule has 1 atom stereocenters. The van der Waals surface area contributed by atoms with Crippen LogP contribution in [0.15, 0.2) is 0 Å². The van der Waals surface area contributed by atoms with Gasteiger partial charge in [-0.1, -0.05) is 5.21 Å². The van der Waals surface area contributed by atoms with Crippen molar-refractivity contribution in [3.8, 4) is 0 Å². The molecule has 1 aromatic heterocycles. The lowest BCUT2D eigenvalue weighted by Crippen LogP contribution is -2.43. The molecule has 0 aromatic carbocycles. The van der Waals surface area contributed by atoms with Crippen molar-refractivity contribution < 1.29 is 19.4 Å². The Morgan fingerprint density at radius 2 is 1.96 bits per heavy atom. The Labute approximate surface area is 140 Å². The quantitative estimate of drug-likeness (QED) is 0.910. The molecule has 8 nitrogen and oxygen atoms in total. The number of amides is 1.